The second-order valence-corrected chi connectivity index (χ2v) is 7.50. The smallest absolute Gasteiger partial charge is 0.249 e. The molecule has 2 fully saturated rings. The number of hydrogen-bond donors (Lipinski definition) is 1. The fourth-order valence-corrected chi connectivity index (χ4v) is 3.14. The van der Waals surface area contributed by atoms with E-state index in [1.54, 1.807) is 0 Å². The van der Waals surface area contributed by atoms with Crippen LogP contribution in [0.5, 0.6) is 0 Å². The van der Waals surface area contributed by atoms with Gasteiger partial charge in [0.25, 0.3) is 0 Å². The van der Waals surface area contributed by atoms with Crippen molar-refractivity contribution in [3.63, 3.8) is 0 Å². The Bertz CT molecular complexity index is 407. The van der Waals surface area contributed by atoms with Gasteiger partial charge in [-0.25, -0.2) is 0 Å². The van der Waals surface area contributed by atoms with E-state index >= 15 is 0 Å². The second kappa shape index (κ2) is 4.22. The van der Waals surface area contributed by atoms with Crippen LogP contribution in [0.15, 0.2) is 0 Å². The zero-order valence-electron chi connectivity index (χ0n) is 12.9. The molecule has 2 rings (SSSR count). The maximum atomic E-state index is 12.9. The summed E-state index contributed by atoms with van der Waals surface area (Å²) in [5, 5.41) is 3.01. The minimum Gasteiger partial charge on any atom is -0.340 e. The molecule has 0 aromatic rings. The van der Waals surface area contributed by atoms with Crippen LogP contribution in [-0.2, 0) is 9.59 Å². The summed E-state index contributed by atoms with van der Waals surface area (Å²) >= 11 is 0. The predicted molar refractivity (Wildman–Crippen MR) is 74.5 cm³/mol. The van der Waals surface area contributed by atoms with E-state index in [1.807, 2.05) is 46.4 Å². The number of amides is 2. The third-order valence-electron chi connectivity index (χ3n) is 4.34. The van der Waals surface area contributed by atoms with E-state index in [-0.39, 0.29) is 29.3 Å². The van der Waals surface area contributed by atoms with Crippen LogP contribution in [0.2, 0.25) is 0 Å². The molecule has 0 bridgehead atoms. The third-order valence-corrected chi connectivity index (χ3v) is 4.34. The summed E-state index contributed by atoms with van der Waals surface area (Å²) in [4.78, 5) is 27.2. The normalized spacial score (nSPS) is 32.8. The Labute approximate surface area is 115 Å². The molecule has 2 unspecified atom stereocenters. The van der Waals surface area contributed by atoms with Gasteiger partial charge in [-0.1, -0.05) is 13.8 Å². The molecule has 1 aliphatic carbocycles. The molecule has 1 aliphatic heterocycles. The highest BCUT2D eigenvalue weighted by atomic mass is 16.2. The van der Waals surface area contributed by atoms with Crippen molar-refractivity contribution in [3.05, 3.63) is 0 Å². The molecule has 1 saturated carbocycles. The Morgan fingerprint density at radius 3 is 2.16 bits per heavy atom. The second-order valence-electron chi connectivity index (χ2n) is 7.50. The van der Waals surface area contributed by atoms with Crippen LogP contribution in [0.25, 0.3) is 0 Å². The summed E-state index contributed by atoms with van der Waals surface area (Å²) in [7, 11) is 0. The molecule has 4 nitrogen and oxygen atoms in total. The van der Waals surface area contributed by atoms with E-state index in [1.165, 1.54) is 0 Å². The molecule has 0 radical (unpaired) electrons. The lowest BCUT2D eigenvalue weighted by molar-refractivity contribution is -0.163. The minimum absolute atomic E-state index is 0.000995. The summed E-state index contributed by atoms with van der Waals surface area (Å²) in [6, 6.07) is -0.362. The van der Waals surface area contributed by atoms with E-state index in [9.17, 15) is 9.59 Å². The Morgan fingerprint density at radius 1 is 1.26 bits per heavy atom. The van der Waals surface area contributed by atoms with Crippen LogP contribution >= 0.6 is 0 Å². The van der Waals surface area contributed by atoms with Gasteiger partial charge in [0.05, 0.1) is 0 Å². The first-order valence-corrected chi connectivity index (χ1v) is 7.25. The number of carbonyl (C=O) groups is 2. The van der Waals surface area contributed by atoms with Crippen molar-refractivity contribution < 1.29 is 9.59 Å². The van der Waals surface area contributed by atoms with E-state index in [0.29, 0.717) is 5.92 Å². The molecule has 19 heavy (non-hydrogen) atoms. The van der Waals surface area contributed by atoms with Crippen LogP contribution in [0.3, 0.4) is 0 Å². The van der Waals surface area contributed by atoms with Gasteiger partial charge in [-0.15, -0.1) is 0 Å². The highest BCUT2D eigenvalue weighted by Crippen LogP contribution is 2.44. The van der Waals surface area contributed by atoms with Gasteiger partial charge in [0.2, 0.25) is 11.8 Å². The van der Waals surface area contributed by atoms with Crippen LogP contribution in [0.1, 0.15) is 54.4 Å². The molecular formula is C15H26N2O2. The summed E-state index contributed by atoms with van der Waals surface area (Å²) in [6.07, 6.45) is 2.07. The topological polar surface area (TPSA) is 49.4 Å². The molecule has 1 heterocycles. The molecule has 2 aliphatic rings. The number of nitrogens with one attached hydrogen (secondary N) is 1. The predicted octanol–water partition coefficient (Wildman–Crippen LogP) is 1.94. The lowest BCUT2D eigenvalue weighted by Gasteiger charge is -2.51. The molecule has 1 saturated heterocycles. The number of rotatable bonds is 2. The Balaban J connectivity index is 2.42. The van der Waals surface area contributed by atoms with Gasteiger partial charge >= 0.3 is 0 Å². The van der Waals surface area contributed by atoms with Crippen molar-refractivity contribution in [1.82, 2.24) is 10.2 Å². The van der Waals surface area contributed by atoms with Gasteiger partial charge in [-0.05, 0) is 52.4 Å². The van der Waals surface area contributed by atoms with Crippen molar-refractivity contribution in [2.24, 2.45) is 11.8 Å². The van der Waals surface area contributed by atoms with E-state index in [2.05, 4.69) is 5.32 Å². The van der Waals surface area contributed by atoms with Gasteiger partial charge in [-0.2, -0.15) is 0 Å². The minimum atomic E-state index is -0.699. The zero-order valence-corrected chi connectivity index (χ0v) is 12.9. The largest absolute Gasteiger partial charge is 0.340 e. The van der Waals surface area contributed by atoms with E-state index < -0.39 is 5.54 Å². The van der Waals surface area contributed by atoms with Crippen molar-refractivity contribution in [2.45, 2.75) is 71.5 Å². The summed E-state index contributed by atoms with van der Waals surface area (Å²) in [5.41, 5.74) is -1.03. The molecule has 1 N–H and O–H groups in total. The molecular weight excluding hydrogens is 240 g/mol. The Morgan fingerprint density at radius 2 is 1.79 bits per heavy atom. The van der Waals surface area contributed by atoms with Crippen molar-refractivity contribution in [1.29, 1.82) is 0 Å². The summed E-state index contributed by atoms with van der Waals surface area (Å²) in [6.45, 7) is 11.9. The SMILES string of the molecule is CC(C)C1C(=O)NC(C)(C2CC2)C(=O)N1C(C)(C)C. The molecule has 108 valence electrons. The van der Waals surface area contributed by atoms with Gasteiger partial charge < -0.3 is 10.2 Å². The third kappa shape index (κ3) is 2.26. The van der Waals surface area contributed by atoms with Crippen molar-refractivity contribution in [3.8, 4) is 0 Å². The fraction of sp³-hybridized carbons (Fsp3) is 0.867. The van der Waals surface area contributed by atoms with Crippen molar-refractivity contribution in [2.75, 3.05) is 0 Å². The first kappa shape index (κ1) is 14.4. The maximum Gasteiger partial charge on any atom is 0.249 e. The maximum absolute atomic E-state index is 12.9. The Hall–Kier alpha value is -1.06. The lowest BCUT2D eigenvalue weighted by Crippen LogP contribution is -2.74. The molecule has 2 amide bonds. The van der Waals surface area contributed by atoms with Gasteiger partial charge in [0.15, 0.2) is 0 Å². The van der Waals surface area contributed by atoms with Gasteiger partial charge in [0, 0.05) is 5.54 Å². The highest BCUT2D eigenvalue weighted by molar-refractivity contribution is 6.00. The fourth-order valence-electron chi connectivity index (χ4n) is 3.14. The van der Waals surface area contributed by atoms with Crippen LogP contribution in [0.4, 0.5) is 0 Å². The molecule has 4 heteroatoms. The monoisotopic (exact) mass is 266 g/mol. The quantitative estimate of drug-likeness (QED) is 0.830. The average Bonchev–Trinajstić information content (AvgIpc) is 3.04. The highest BCUT2D eigenvalue weighted by Gasteiger charge is 2.57. The van der Waals surface area contributed by atoms with Crippen LogP contribution in [-0.4, -0.2) is 33.8 Å². The van der Waals surface area contributed by atoms with Gasteiger partial charge in [-0.3, -0.25) is 9.59 Å². The Kier molecular flexibility index (Phi) is 3.19. The molecule has 0 aromatic carbocycles. The number of hydrogen-bond acceptors (Lipinski definition) is 2. The summed E-state index contributed by atoms with van der Waals surface area (Å²) in [5.74, 6) is 0.508. The number of nitrogens with zero attached hydrogens (tertiary/aromatic N) is 1. The molecule has 2 atom stereocenters. The van der Waals surface area contributed by atoms with E-state index in [4.69, 9.17) is 0 Å². The van der Waals surface area contributed by atoms with Gasteiger partial charge in [0.1, 0.15) is 11.6 Å². The molecule has 0 aromatic heterocycles. The first-order valence-electron chi connectivity index (χ1n) is 7.25. The zero-order chi connectivity index (χ0) is 14.6. The first-order chi connectivity index (χ1) is 8.59. The van der Waals surface area contributed by atoms with Crippen LogP contribution in [0, 0.1) is 11.8 Å². The lowest BCUT2D eigenvalue weighted by atomic mass is 9.83. The number of carbonyl (C=O) groups excluding carboxylic acids is 2. The average molecular weight is 266 g/mol. The molecule has 0 spiro atoms. The van der Waals surface area contributed by atoms with Crippen molar-refractivity contribution >= 4 is 11.8 Å². The van der Waals surface area contributed by atoms with Crippen LogP contribution < -0.4 is 5.32 Å². The number of piperazine rings is 1. The standard InChI is InChI=1S/C15H26N2O2/c1-9(2)11-12(18)16-15(6,10-7-8-10)13(19)17(11)14(3,4)5/h9-11H,7-8H2,1-6H3,(H,16,18). The summed E-state index contributed by atoms with van der Waals surface area (Å²) < 4.78 is 0. The van der Waals surface area contributed by atoms with E-state index in [0.717, 1.165) is 12.8 Å².